The van der Waals surface area contributed by atoms with Crippen molar-refractivity contribution in [3.05, 3.63) is 34.9 Å². The molecule has 0 radical (unpaired) electrons. The molecule has 0 saturated carbocycles. The van der Waals surface area contributed by atoms with Gasteiger partial charge in [-0.05, 0) is 18.7 Å². The molecule has 1 amide bonds. The quantitative estimate of drug-likeness (QED) is 0.792. The van der Waals surface area contributed by atoms with Crippen molar-refractivity contribution in [2.75, 3.05) is 13.6 Å². The van der Waals surface area contributed by atoms with Crippen molar-refractivity contribution in [3.8, 4) is 0 Å². The number of carbonyl (C=O) groups is 1. The van der Waals surface area contributed by atoms with Crippen LogP contribution < -0.4 is 11.5 Å². The highest BCUT2D eigenvalue weighted by Gasteiger charge is 2.12. The highest BCUT2D eigenvalue weighted by Crippen LogP contribution is 2.16. The summed E-state index contributed by atoms with van der Waals surface area (Å²) in [6, 6.07) is 6.92. The molecule has 0 fully saturated rings. The Morgan fingerprint density at radius 2 is 2.12 bits per heavy atom. The van der Waals surface area contributed by atoms with E-state index in [2.05, 4.69) is 0 Å². The zero-order chi connectivity index (χ0) is 12.1. The summed E-state index contributed by atoms with van der Waals surface area (Å²) in [7, 11) is 1.87. The molecule has 0 aliphatic carbocycles. The molecule has 0 aliphatic heterocycles. The molecule has 0 spiro atoms. The maximum atomic E-state index is 10.8. The SMILES string of the molecule is CN(Cc1ccccc1Cl)CC(N)C(N)=O. The average molecular weight is 242 g/mol. The van der Waals surface area contributed by atoms with Crippen molar-refractivity contribution < 1.29 is 4.79 Å². The third-order valence-corrected chi connectivity index (χ3v) is 2.64. The largest absolute Gasteiger partial charge is 0.368 e. The van der Waals surface area contributed by atoms with E-state index in [1.807, 2.05) is 36.2 Å². The van der Waals surface area contributed by atoms with Gasteiger partial charge in [0.05, 0.1) is 6.04 Å². The first-order chi connectivity index (χ1) is 7.50. The molecular formula is C11H16ClN3O. The second kappa shape index (κ2) is 5.84. The number of nitrogens with two attached hydrogens (primary N) is 2. The van der Waals surface area contributed by atoms with Gasteiger partial charge in [0.25, 0.3) is 0 Å². The predicted octanol–water partition coefficient (Wildman–Crippen LogP) is 0.584. The highest BCUT2D eigenvalue weighted by atomic mass is 35.5. The Morgan fingerprint density at radius 1 is 1.50 bits per heavy atom. The summed E-state index contributed by atoms with van der Waals surface area (Å²) in [5, 5.41) is 0.710. The van der Waals surface area contributed by atoms with Gasteiger partial charge >= 0.3 is 0 Å². The van der Waals surface area contributed by atoms with Gasteiger partial charge in [0.2, 0.25) is 5.91 Å². The minimum absolute atomic E-state index is 0.417. The van der Waals surface area contributed by atoms with E-state index in [9.17, 15) is 4.79 Å². The fourth-order valence-electron chi connectivity index (χ4n) is 1.41. The van der Waals surface area contributed by atoms with Crippen LogP contribution in [-0.4, -0.2) is 30.4 Å². The van der Waals surface area contributed by atoms with Crippen molar-refractivity contribution in [3.63, 3.8) is 0 Å². The maximum Gasteiger partial charge on any atom is 0.235 e. The third-order valence-electron chi connectivity index (χ3n) is 2.27. The van der Waals surface area contributed by atoms with E-state index in [0.29, 0.717) is 18.1 Å². The van der Waals surface area contributed by atoms with Crippen molar-refractivity contribution in [1.82, 2.24) is 4.90 Å². The van der Waals surface area contributed by atoms with Crippen molar-refractivity contribution >= 4 is 17.5 Å². The first-order valence-electron chi connectivity index (χ1n) is 4.97. The molecule has 1 aromatic carbocycles. The molecule has 16 heavy (non-hydrogen) atoms. The van der Waals surface area contributed by atoms with Gasteiger partial charge in [0, 0.05) is 18.1 Å². The first-order valence-corrected chi connectivity index (χ1v) is 5.35. The van der Waals surface area contributed by atoms with E-state index in [-0.39, 0.29) is 0 Å². The van der Waals surface area contributed by atoms with E-state index >= 15 is 0 Å². The molecule has 4 N–H and O–H groups in total. The molecule has 4 nitrogen and oxygen atoms in total. The number of nitrogens with zero attached hydrogens (tertiary/aromatic N) is 1. The van der Waals surface area contributed by atoms with Crippen LogP contribution in [-0.2, 0) is 11.3 Å². The third kappa shape index (κ3) is 3.81. The molecular weight excluding hydrogens is 226 g/mol. The van der Waals surface area contributed by atoms with E-state index in [1.165, 1.54) is 0 Å². The van der Waals surface area contributed by atoms with Crippen LogP contribution in [0.3, 0.4) is 0 Å². The van der Waals surface area contributed by atoms with Gasteiger partial charge in [0.1, 0.15) is 0 Å². The summed E-state index contributed by atoms with van der Waals surface area (Å²) in [5.41, 5.74) is 11.7. The number of benzene rings is 1. The van der Waals surface area contributed by atoms with Gasteiger partial charge in [-0.1, -0.05) is 29.8 Å². The Balaban J connectivity index is 2.55. The van der Waals surface area contributed by atoms with Crippen LogP contribution in [0.25, 0.3) is 0 Å². The number of carbonyl (C=O) groups excluding carboxylic acids is 1. The Labute approximate surface area is 100 Å². The number of amides is 1. The standard InChI is InChI=1S/C11H16ClN3O/c1-15(7-10(13)11(14)16)6-8-4-2-3-5-9(8)12/h2-5,10H,6-7,13H2,1H3,(H2,14,16). The first kappa shape index (κ1) is 13.0. The van der Waals surface area contributed by atoms with Gasteiger partial charge in [-0.3, -0.25) is 9.69 Å². The summed E-state index contributed by atoms with van der Waals surface area (Å²) in [6.07, 6.45) is 0. The summed E-state index contributed by atoms with van der Waals surface area (Å²) in [4.78, 5) is 12.7. The highest BCUT2D eigenvalue weighted by molar-refractivity contribution is 6.31. The lowest BCUT2D eigenvalue weighted by Crippen LogP contribution is -2.44. The number of hydrogen-bond acceptors (Lipinski definition) is 3. The van der Waals surface area contributed by atoms with Crippen LogP contribution in [0.4, 0.5) is 0 Å². The van der Waals surface area contributed by atoms with Crippen LogP contribution in [0.2, 0.25) is 5.02 Å². The van der Waals surface area contributed by atoms with Crippen LogP contribution in [0.5, 0.6) is 0 Å². The lowest BCUT2D eigenvalue weighted by atomic mass is 10.2. The van der Waals surface area contributed by atoms with Crippen molar-refractivity contribution in [1.29, 1.82) is 0 Å². The smallest absolute Gasteiger partial charge is 0.235 e. The lowest BCUT2D eigenvalue weighted by Gasteiger charge is -2.19. The monoisotopic (exact) mass is 241 g/mol. The number of rotatable bonds is 5. The fourth-order valence-corrected chi connectivity index (χ4v) is 1.60. The molecule has 0 bridgehead atoms. The zero-order valence-electron chi connectivity index (χ0n) is 9.19. The zero-order valence-corrected chi connectivity index (χ0v) is 9.95. The molecule has 0 heterocycles. The summed E-state index contributed by atoms with van der Waals surface area (Å²) in [5.74, 6) is -0.494. The number of primary amides is 1. The fraction of sp³-hybridized carbons (Fsp3) is 0.364. The molecule has 0 aliphatic rings. The van der Waals surface area contributed by atoms with E-state index in [1.54, 1.807) is 0 Å². The van der Waals surface area contributed by atoms with Gasteiger partial charge in [0.15, 0.2) is 0 Å². The Morgan fingerprint density at radius 3 is 2.69 bits per heavy atom. The molecule has 1 unspecified atom stereocenters. The van der Waals surface area contributed by atoms with Crippen LogP contribution in [0.1, 0.15) is 5.56 Å². The molecule has 1 rings (SSSR count). The Hall–Kier alpha value is -1.10. The minimum atomic E-state index is -0.646. The van der Waals surface area contributed by atoms with Crippen molar-refractivity contribution in [2.45, 2.75) is 12.6 Å². The van der Waals surface area contributed by atoms with Crippen molar-refractivity contribution in [2.24, 2.45) is 11.5 Å². The normalized spacial score (nSPS) is 12.8. The Bertz CT molecular complexity index is 370. The molecule has 0 aromatic heterocycles. The molecule has 1 aromatic rings. The van der Waals surface area contributed by atoms with Gasteiger partial charge in [-0.15, -0.1) is 0 Å². The number of hydrogen-bond donors (Lipinski definition) is 2. The summed E-state index contributed by atoms with van der Waals surface area (Å²) in [6.45, 7) is 1.06. The Kier molecular flexibility index (Phi) is 4.73. The molecule has 1 atom stereocenters. The van der Waals surface area contributed by atoms with E-state index in [0.717, 1.165) is 5.56 Å². The minimum Gasteiger partial charge on any atom is -0.368 e. The van der Waals surface area contributed by atoms with Gasteiger partial charge in [-0.25, -0.2) is 0 Å². The van der Waals surface area contributed by atoms with Crippen LogP contribution in [0, 0.1) is 0 Å². The van der Waals surface area contributed by atoms with Crippen LogP contribution >= 0.6 is 11.6 Å². The predicted molar refractivity (Wildman–Crippen MR) is 65.0 cm³/mol. The molecule has 5 heteroatoms. The van der Waals surface area contributed by atoms with Gasteiger partial charge < -0.3 is 11.5 Å². The second-order valence-corrected chi connectivity index (χ2v) is 4.20. The average Bonchev–Trinajstić information content (AvgIpc) is 2.21. The molecule has 88 valence electrons. The van der Waals surface area contributed by atoms with E-state index < -0.39 is 11.9 Å². The van der Waals surface area contributed by atoms with E-state index in [4.69, 9.17) is 23.1 Å². The topological polar surface area (TPSA) is 72.3 Å². The number of halogens is 1. The van der Waals surface area contributed by atoms with Gasteiger partial charge in [-0.2, -0.15) is 0 Å². The molecule has 0 saturated heterocycles. The number of likely N-dealkylation sites (N-methyl/N-ethyl adjacent to an activating group) is 1. The second-order valence-electron chi connectivity index (χ2n) is 3.80. The van der Waals surface area contributed by atoms with Crippen LogP contribution in [0.15, 0.2) is 24.3 Å². The lowest BCUT2D eigenvalue weighted by molar-refractivity contribution is -0.119. The summed E-state index contributed by atoms with van der Waals surface area (Å²) >= 11 is 6.02. The summed E-state index contributed by atoms with van der Waals surface area (Å²) < 4.78 is 0. The maximum absolute atomic E-state index is 10.8.